The Morgan fingerprint density at radius 2 is 1.54 bits per heavy atom. The van der Waals surface area contributed by atoms with Crippen LogP contribution in [0.2, 0.25) is 0 Å². The molecule has 5 fully saturated rings. The minimum atomic E-state index is -0.333. The molecule has 1 N–H and O–H groups in total. The van der Waals surface area contributed by atoms with E-state index < -0.39 is 0 Å². The molecule has 0 saturated heterocycles. The molecular weight excluding hydrogens is 598 g/mol. The number of esters is 2. The minimum absolute atomic E-state index is 0.0217. The Balaban J connectivity index is 1.27. The van der Waals surface area contributed by atoms with Crippen LogP contribution < -0.4 is 5.32 Å². The topological polar surface area (TPSA) is 90.4 Å². The lowest BCUT2D eigenvalue weighted by molar-refractivity contribution is -0.251. The SMILES string of the molecule is C=C(C)[C@@H]1CC[C@]2(COC(=O)c3nc(C)c(C)nc3C)CC[C@]3(C)[C@H](CC[C@@H]4[C@@]5(C)CC[C@H](OC(=O)CNC)C(C)(C)[C@@H]5CC[C@]43C)[C@@H]12. The number of nitrogens with zero attached hydrogens (tertiary/aromatic N) is 2. The maximum atomic E-state index is 13.5. The highest BCUT2D eigenvalue weighted by Gasteiger charge is 2.71. The second-order valence-corrected chi connectivity index (χ2v) is 18.3. The van der Waals surface area contributed by atoms with Crippen LogP contribution in [0.5, 0.6) is 0 Å². The Morgan fingerprint density at radius 1 is 0.833 bits per heavy atom. The number of hydrogen-bond acceptors (Lipinski definition) is 7. The minimum Gasteiger partial charge on any atom is -0.461 e. The molecule has 1 heterocycles. The zero-order valence-corrected chi connectivity index (χ0v) is 31.7. The lowest BCUT2D eigenvalue weighted by atomic mass is 9.32. The Bertz CT molecular complexity index is 1470. The fourth-order valence-electron chi connectivity index (χ4n) is 13.3. The lowest BCUT2D eigenvalue weighted by Gasteiger charge is -2.73. The van der Waals surface area contributed by atoms with Gasteiger partial charge in [0.25, 0.3) is 0 Å². The molecule has 0 aliphatic heterocycles. The van der Waals surface area contributed by atoms with E-state index in [1.807, 2.05) is 20.8 Å². The number of nitrogens with one attached hydrogen (secondary N) is 1. The standard InChI is InChI=1S/C41H63N3O4/c1-24(2)28-14-19-41(23-47-36(46)35-27(5)43-25(3)26(4)44-35)21-20-39(9)29(34(28)41)12-13-31-38(8)17-16-32(48-33(45)22-42-11)37(6,7)30(38)15-18-40(31,39)10/h28-32,34,42H,1,12-23H2,2-11H3/t28-,29+,30-,31+,32-,34+,38-,39+,40+,41+/m0/s1. The van der Waals surface area contributed by atoms with Crippen molar-refractivity contribution in [2.45, 2.75) is 133 Å². The van der Waals surface area contributed by atoms with Crippen molar-refractivity contribution in [3.8, 4) is 0 Å². The highest BCUT2D eigenvalue weighted by atomic mass is 16.5. The predicted molar refractivity (Wildman–Crippen MR) is 189 cm³/mol. The molecule has 1 aromatic rings. The quantitative estimate of drug-likeness (QED) is 0.232. The van der Waals surface area contributed by atoms with Crippen molar-refractivity contribution in [2.24, 2.45) is 56.7 Å². The van der Waals surface area contributed by atoms with E-state index in [9.17, 15) is 9.59 Å². The van der Waals surface area contributed by atoms with Crippen molar-refractivity contribution in [1.82, 2.24) is 15.3 Å². The predicted octanol–water partition coefficient (Wildman–Crippen LogP) is 8.35. The molecule has 10 atom stereocenters. The second-order valence-electron chi connectivity index (χ2n) is 18.3. The Hall–Kier alpha value is -2.28. The van der Waals surface area contributed by atoms with Crippen LogP contribution in [0, 0.1) is 77.4 Å². The van der Waals surface area contributed by atoms with Gasteiger partial charge in [-0.3, -0.25) is 9.78 Å². The van der Waals surface area contributed by atoms with Gasteiger partial charge in [-0.15, -0.1) is 0 Å². The monoisotopic (exact) mass is 661 g/mol. The van der Waals surface area contributed by atoms with E-state index in [1.165, 1.54) is 37.7 Å². The third-order valence-electron chi connectivity index (χ3n) is 15.9. The number of rotatable bonds is 7. The molecule has 7 heteroatoms. The maximum Gasteiger partial charge on any atom is 0.358 e. The van der Waals surface area contributed by atoms with Gasteiger partial charge in [0.05, 0.1) is 30.2 Å². The number of allylic oxidation sites excluding steroid dienone is 1. The van der Waals surface area contributed by atoms with Crippen molar-refractivity contribution < 1.29 is 19.1 Å². The molecule has 0 aromatic carbocycles. The van der Waals surface area contributed by atoms with Gasteiger partial charge < -0.3 is 14.8 Å². The number of carbonyl (C=O) groups excluding carboxylic acids is 2. The average Bonchev–Trinajstić information content (AvgIpc) is 3.40. The molecule has 0 radical (unpaired) electrons. The van der Waals surface area contributed by atoms with Crippen molar-refractivity contribution in [3.63, 3.8) is 0 Å². The van der Waals surface area contributed by atoms with Gasteiger partial charge in [-0.1, -0.05) is 46.8 Å². The van der Waals surface area contributed by atoms with E-state index in [4.69, 9.17) is 9.47 Å². The maximum absolute atomic E-state index is 13.5. The zero-order valence-electron chi connectivity index (χ0n) is 31.7. The van der Waals surface area contributed by atoms with Gasteiger partial charge in [-0.05, 0) is 145 Å². The van der Waals surface area contributed by atoms with E-state index in [2.05, 4.69) is 63.4 Å². The fourth-order valence-corrected chi connectivity index (χ4v) is 13.3. The zero-order chi connectivity index (χ0) is 35.0. The van der Waals surface area contributed by atoms with Crippen LogP contribution >= 0.6 is 0 Å². The van der Waals surface area contributed by atoms with Crippen molar-refractivity contribution in [1.29, 1.82) is 0 Å². The summed E-state index contributed by atoms with van der Waals surface area (Å²) in [5.74, 6) is 2.20. The molecule has 7 nitrogen and oxygen atoms in total. The summed E-state index contributed by atoms with van der Waals surface area (Å²) in [6, 6.07) is 0. The van der Waals surface area contributed by atoms with E-state index >= 15 is 0 Å². The van der Waals surface area contributed by atoms with E-state index in [0.29, 0.717) is 47.6 Å². The van der Waals surface area contributed by atoms with Crippen LogP contribution in [-0.4, -0.2) is 48.2 Å². The van der Waals surface area contributed by atoms with Gasteiger partial charge in [0, 0.05) is 10.8 Å². The summed E-state index contributed by atoms with van der Waals surface area (Å²) < 4.78 is 12.4. The first-order chi connectivity index (χ1) is 22.4. The third kappa shape index (κ3) is 5.21. The summed E-state index contributed by atoms with van der Waals surface area (Å²) in [5, 5.41) is 2.97. The largest absolute Gasteiger partial charge is 0.461 e. The molecule has 6 rings (SSSR count). The number of carbonyl (C=O) groups is 2. The number of aromatic nitrogens is 2. The van der Waals surface area contributed by atoms with Gasteiger partial charge in [-0.2, -0.15) is 0 Å². The Morgan fingerprint density at radius 3 is 2.23 bits per heavy atom. The van der Waals surface area contributed by atoms with Crippen molar-refractivity contribution >= 4 is 11.9 Å². The molecule has 1 aromatic heterocycles. The van der Waals surface area contributed by atoms with Crippen LogP contribution in [0.25, 0.3) is 0 Å². The molecule has 5 saturated carbocycles. The molecular formula is C41H63N3O4. The molecule has 266 valence electrons. The van der Waals surface area contributed by atoms with E-state index in [0.717, 1.165) is 43.5 Å². The van der Waals surface area contributed by atoms with Gasteiger partial charge >= 0.3 is 11.9 Å². The van der Waals surface area contributed by atoms with Gasteiger partial charge in [0.2, 0.25) is 0 Å². The van der Waals surface area contributed by atoms with Crippen molar-refractivity contribution in [3.05, 3.63) is 34.9 Å². The number of ether oxygens (including phenoxy) is 2. The molecule has 0 spiro atoms. The molecule has 0 unspecified atom stereocenters. The van der Waals surface area contributed by atoms with E-state index in [-0.39, 0.29) is 51.7 Å². The number of aryl methyl sites for hydroxylation is 3. The average molecular weight is 662 g/mol. The second kappa shape index (κ2) is 12.2. The third-order valence-corrected chi connectivity index (χ3v) is 15.9. The van der Waals surface area contributed by atoms with Crippen LogP contribution in [0.1, 0.15) is 133 Å². The Kier molecular flexibility index (Phi) is 9.03. The van der Waals surface area contributed by atoms with Gasteiger partial charge in [0.1, 0.15) is 6.10 Å². The highest BCUT2D eigenvalue weighted by molar-refractivity contribution is 5.88. The summed E-state index contributed by atoms with van der Waals surface area (Å²) >= 11 is 0. The van der Waals surface area contributed by atoms with Crippen molar-refractivity contribution in [2.75, 3.05) is 20.2 Å². The first kappa shape index (κ1) is 35.5. The first-order valence-electron chi connectivity index (χ1n) is 18.9. The van der Waals surface area contributed by atoms with Crippen LogP contribution in [0.4, 0.5) is 0 Å². The summed E-state index contributed by atoms with van der Waals surface area (Å²) in [7, 11) is 1.80. The van der Waals surface area contributed by atoms with Crippen LogP contribution in [0.15, 0.2) is 12.2 Å². The summed E-state index contributed by atoms with van der Waals surface area (Å²) in [5.41, 5.74) is 4.49. The highest BCUT2D eigenvalue weighted by Crippen LogP contribution is 2.77. The number of fused-ring (bicyclic) bond motifs is 7. The summed E-state index contributed by atoms with van der Waals surface area (Å²) in [6.45, 7) is 25.9. The summed E-state index contributed by atoms with van der Waals surface area (Å²) in [4.78, 5) is 35.3. The van der Waals surface area contributed by atoms with Gasteiger partial charge in [0.15, 0.2) is 5.69 Å². The normalized spacial score (nSPS) is 41.3. The summed E-state index contributed by atoms with van der Waals surface area (Å²) in [6.07, 6.45) is 11.4. The van der Waals surface area contributed by atoms with Gasteiger partial charge in [-0.25, -0.2) is 9.78 Å². The number of hydrogen-bond donors (Lipinski definition) is 1. The molecule has 5 aliphatic rings. The smallest absolute Gasteiger partial charge is 0.358 e. The van der Waals surface area contributed by atoms with Crippen LogP contribution in [-0.2, 0) is 14.3 Å². The molecule has 48 heavy (non-hydrogen) atoms. The molecule has 0 amide bonds. The molecule has 5 aliphatic carbocycles. The number of likely N-dealkylation sites (N-methyl/N-ethyl adjacent to an activating group) is 1. The van der Waals surface area contributed by atoms with E-state index in [1.54, 1.807) is 7.05 Å². The fraction of sp³-hybridized carbons (Fsp3) is 0.805. The van der Waals surface area contributed by atoms with Crippen LogP contribution in [0.3, 0.4) is 0 Å². The molecule has 0 bridgehead atoms. The lowest BCUT2D eigenvalue weighted by Crippen LogP contribution is -2.67. The first-order valence-corrected chi connectivity index (χ1v) is 18.9. The Labute approximate surface area is 290 Å².